The molecule has 0 saturated carbocycles. The zero-order chi connectivity index (χ0) is 16.5. The van der Waals surface area contributed by atoms with Gasteiger partial charge in [0.25, 0.3) is 0 Å². The van der Waals surface area contributed by atoms with Crippen molar-refractivity contribution in [3.05, 3.63) is 35.4 Å². The van der Waals surface area contributed by atoms with Gasteiger partial charge in [-0.2, -0.15) is 13.2 Å². The summed E-state index contributed by atoms with van der Waals surface area (Å²) in [4.78, 5) is 0. The fourth-order valence-electron chi connectivity index (χ4n) is 2.02. The van der Waals surface area contributed by atoms with E-state index in [1.165, 1.54) is 12.1 Å². The minimum Gasteiger partial charge on any atom is -0.315 e. The Balaban J connectivity index is 2.98. The highest BCUT2D eigenvalue weighted by atomic mass is 32.2. The molecule has 0 aliphatic carbocycles. The van der Waals surface area contributed by atoms with Crippen LogP contribution in [0, 0.1) is 0 Å². The molecule has 120 valence electrons. The van der Waals surface area contributed by atoms with Crippen molar-refractivity contribution in [3.63, 3.8) is 0 Å². The van der Waals surface area contributed by atoms with Crippen LogP contribution in [0.15, 0.2) is 24.3 Å². The Hall–Kier alpha value is -1.08. The van der Waals surface area contributed by atoms with Crippen LogP contribution in [-0.2, 0) is 22.4 Å². The highest BCUT2D eigenvalue weighted by Gasteiger charge is 2.38. The van der Waals surface area contributed by atoms with Crippen LogP contribution in [0.3, 0.4) is 0 Å². The lowest BCUT2D eigenvalue weighted by Crippen LogP contribution is -2.51. The van der Waals surface area contributed by atoms with Crippen LogP contribution in [0.25, 0.3) is 0 Å². The smallest absolute Gasteiger partial charge is 0.315 e. The molecule has 0 heterocycles. The molecule has 1 aromatic rings. The largest absolute Gasteiger partial charge is 0.416 e. The average Bonchev–Trinajstić information content (AvgIpc) is 2.33. The van der Waals surface area contributed by atoms with Gasteiger partial charge in [0.1, 0.15) is 0 Å². The summed E-state index contributed by atoms with van der Waals surface area (Å²) in [7, 11) is -1.67. The number of alkyl halides is 3. The molecule has 0 bridgehead atoms. The molecule has 1 aromatic carbocycles. The van der Waals surface area contributed by atoms with E-state index in [2.05, 4.69) is 5.32 Å². The van der Waals surface area contributed by atoms with Gasteiger partial charge in [-0.1, -0.05) is 12.1 Å². The first kappa shape index (κ1) is 18.0. The number of sulfone groups is 1. The number of hydrogen-bond acceptors (Lipinski definition) is 3. The summed E-state index contributed by atoms with van der Waals surface area (Å²) in [5.74, 6) is 0. The molecule has 1 N–H and O–H groups in total. The van der Waals surface area contributed by atoms with Gasteiger partial charge in [-0.25, -0.2) is 8.42 Å². The highest BCUT2D eigenvalue weighted by molar-refractivity contribution is 7.92. The first-order valence-corrected chi connectivity index (χ1v) is 8.31. The number of nitrogens with one attached hydrogen (secondary N) is 1. The van der Waals surface area contributed by atoms with Gasteiger partial charge in [0.15, 0.2) is 9.84 Å². The van der Waals surface area contributed by atoms with E-state index in [1.807, 2.05) is 0 Å². The number of hydrogen-bond donors (Lipinski definition) is 1. The number of benzene rings is 1. The van der Waals surface area contributed by atoms with Crippen molar-refractivity contribution < 1.29 is 21.6 Å². The van der Waals surface area contributed by atoms with Crippen molar-refractivity contribution >= 4 is 9.84 Å². The second-order valence-corrected chi connectivity index (χ2v) is 8.21. The van der Waals surface area contributed by atoms with Crippen LogP contribution < -0.4 is 5.32 Å². The van der Waals surface area contributed by atoms with Gasteiger partial charge >= 0.3 is 6.18 Å². The maximum atomic E-state index is 12.5. The molecule has 0 amide bonds. The Morgan fingerprint density at radius 1 is 1.14 bits per heavy atom. The SMILES string of the molecule is CNC(Cc1ccc(C(F)(F)F)cc1)C(C)(C)S(C)(=O)=O. The van der Waals surface area contributed by atoms with Crippen molar-refractivity contribution in [1.82, 2.24) is 5.32 Å². The summed E-state index contributed by atoms with van der Waals surface area (Å²) in [6.07, 6.45) is -2.88. The fraction of sp³-hybridized carbons (Fsp3) is 0.571. The minimum absolute atomic E-state index is 0.328. The summed E-state index contributed by atoms with van der Waals surface area (Å²) >= 11 is 0. The molecule has 1 unspecified atom stereocenters. The van der Waals surface area contributed by atoms with Gasteiger partial charge in [-0.15, -0.1) is 0 Å². The van der Waals surface area contributed by atoms with E-state index in [0.717, 1.165) is 18.4 Å². The van der Waals surface area contributed by atoms with Gasteiger partial charge in [0, 0.05) is 12.3 Å². The molecule has 21 heavy (non-hydrogen) atoms. The first-order valence-electron chi connectivity index (χ1n) is 6.42. The minimum atomic E-state index is -4.37. The normalized spacial score (nSPS) is 15.0. The van der Waals surface area contributed by atoms with Crippen LogP contribution in [-0.4, -0.2) is 32.5 Å². The van der Waals surface area contributed by atoms with E-state index < -0.39 is 32.4 Å². The second-order valence-electron chi connectivity index (χ2n) is 5.62. The van der Waals surface area contributed by atoms with Gasteiger partial charge < -0.3 is 5.32 Å². The van der Waals surface area contributed by atoms with E-state index in [4.69, 9.17) is 0 Å². The Morgan fingerprint density at radius 3 is 1.95 bits per heavy atom. The summed E-state index contributed by atoms with van der Waals surface area (Å²) in [6, 6.07) is 4.38. The molecule has 0 saturated heterocycles. The number of likely N-dealkylation sites (N-methyl/N-ethyl adjacent to an activating group) is 1. The third kappa shape index (κ3) is 4.20. The standard InChI is InChI=1S/C14H20F3NO2S/c1-13(2,21(4,19)20)12(18-3)9-10-5-7-11(8-6-10)14(15,16)17/h5-8,12,18H,9H2,1-4H3. The topological polar surface area (TPSA) is 46.2 Å². The summed E-state index contributed by atoms with van der Waals surface area (Å²) in [5, 5.41) is 2.94. The summed E-state index contributed by atoms with van der Waals surface area (Å²) < 4.78 is 60.2. The van der Waals surface area contributed by atoms with Crippen molar-refractivity contribution in [1.29, 1.82) is 0 Å². The summed E-state index contributed by atoms with van der Waals surface area (Å²) in [5.41, 5.74) is -0.0614. The van der Waals surface area contributed by atoms with Crippen LogP contribution >= 0.6 is 0 Å². The molecule has 0 aliphatic heterocycles. The fourth-order valence-corrected chi connectivity index (χ4v) is 2.74. The van der Waals surface area contributed by atoms with Crippen LogP contribution in [0.4, 0.5) is 13.2 Å². The molecular weight excluding hydrogens is 303 g/mol. The van der Waals surface area contributed by atoms with Gasteiger partial charge in [0.2, 0.25) is 0 Å². The Kier molecular flexibility index (Phi) is 5.10. The van der Waals surface area contributed by atoms with E-state index in [9.17, 15) is 21.6 Å². The number of halogens is 3. The van der Waals surface area contributed by atoms with Crippen LogP contribution in [0.2, 0.25) is 0 Å². The van der Waals surface area contributed by atoms with Crippen molar-refractivity contribution in [2.45, 2.75) is 37.2 Å². The Bertz CT molecular complexity index is 577. The zero-order valence-electron chi connectivity index (χ0n) is 12.5. The second kappa shape index (κ2) is 5.96. The van der Waals surface area contributed by atoms with Crippen molar-refractivity contribution in [3.8, 4) is 0 Å². The monoisotopic (exact) mass is 323 g/mol. The molecule has 0 aliphatic rings. The Morgan fingerprint density at radius 2 is 1.62 bits per heavy atom. The predicted octanol–water partition coefficient (Wildman–Crippen LogP) is 2.66. The lowest BCUT2D eigenvalue weighted by atomic mass is 9.95. The van der Waals surface area contributed by atoms with Gasteiger partial charge in [-0.3, -0.25) is 0 Å². The molecule has 0 spiro atoms. The third-order valence-electron chi connectivity index (χ3n) is 3.86. The van der Waals surface area contributed by atoms with E-state index >= 15 is 0 Å². The maximum Gasteiger partial charge on any atom is 0.416 e. The zero-order valence-corrected chi connectivity index (χ0v) is 13.3. The van der Waals surface area contributed by atoms with Gasteiger partial charge in [0.05, 0.1) is 10.3 Å². The highest BCUT2D eigenvalue weighted by Crippen LogP contribution is 2.30. The number of rotatable bonds is 5. The molecule has 0 radical (unpaired) electrons. The third-order valence-corrected chi connectivity index (χ3v) is 6.06. The molecule has 7 heteroatoms. The average molecular weight is 323 g/mol. The van der Waals surface area contributed by atoms with E-state index in [-0.39, 0.29) is 0 Å². The van der Waals surface area contributed by atoms with E-state index in [1.54, 1.807) is 20.9 Å². The van der Waals surface area contributed by atoms with Crippen LogP contribution in [0.5, 0.6) is 0 Å². The maximum absolute atomic E-state index is 12.5. The first-order chi connectivity index (χ1) is 9.39. The molecule has 0 aromatic heterocycles. The lowest BCUT2D eigenvalue weighted by molar-refractivity contribution is -0.137. The van der Waals surface area contributed by atoms with Crippen molar-refractivity contribution in [2.75, 3.05) is 13.3 Å². The van der Waals surface area contributed by atoms with Crippen molar-refractivity contribution in [2.24, 2.45) is 0 Å². The molecular formula is C14H20F3NO2S. The quantitative estimate of drug-likeness (QED) is 0.906. The summed E-state index contributed by atoms with van der Waals surface area (Å²) in [6.45, 7) is 3.21. The molecule has 1 rings (SSSR count). The van der Waals surface area contributed by atoms with Gasteiger partial charge in [-0.05, 0) is 45.0 Å². The Labute approximate surface area is 123 Å². The van der Waals surface area contributed by atoms with E-state index in [0.29, 0.717) is 12.0 Å². The predicted molar refractivity (Wildman–Crippen MR) is 76.9 cm³/mol. The van der Waals surface area contributed by atoms with Crippen LogP contribution in [0.1, 0.15) is 25.0 Å². The molecule has 3 nitrogen and oxygen atoms in total. The molecule has 1 atom stereocenters. The lowest BCUT2D eigenvalue weighted by Gasteiger charge is -2.32. The molecule has 0 fully saturated rings.